The highest BCUT2D eigenvalue weighted by atomic mass is 16.5. The van der Waals surface area contributed by atoms with Gasteiger partial charge in [-0.1, -0.05) is 0 Å². The van der Waals surface area contributed by atoms with Crippen LogP contribution in [0.15, 0.2) is 12.4 Å². The summed E-state index contributed by atoms with van der Waals surface area (Å²) in [6, 6.07) is 0.234. The highest BCUT2D eigenvalue weighted by molar-refractivity contribution is 5.29. The van der Waals surface area contributed by atoms with Crippen molar-refractivity contribution < 1.29 is 9.47 Å². The summed E-state index contributed by atoms with van der Waals surface area (Å²) in [5, 5.41) is 0. The van der Waals surface area contributed by atoms with E-state index in [0.717, 1.165) is 39.2 Å². The normalized spacial score (nSPS) is 18.9. The average molecular weight is 252 g/mol. The molecule has 0 saturated heterocycles. The second-order valence-corrected chi connectivity index (χ2v) is 4.93. The molecule has 0 saturated carbocycles. The molecule has 2 rings (SSSR count). The molecular weight excluding hydrogens is 228 g/mol. The van der Waals surface area contributed by atoms with Crippen molar-refractivity contribution in [1.29, 1.82) is 0 Å². The zero-order valence-corrected chi connectivity index (χ0v) is 11.2. The maximum absolute atomic E-state index is 6.11. The summed E-state index contributed by atoms with van der Waals surface area (Å²) in [5.41, 5.74) is 8.87. The van der Waals surface area contributed by atoms with Gasteiger partial charge in [-0.3, -0.25) is 0 Å². The fraction of sp³-hybridized carbons (Fsp3) is 0.714. The average Bonchev–Trinajstić information content (AvgIpc) is 2.78. The van der Waals surface area contributed by atoms with Crippen LogP contribution in [0.4, 0.5) is 0 Å². The Kier molecular flexibility index (Phi) is 5.23. The summed E-state index contributed by atoms with van der Waals surface area (Å²) in [6.07, 6.45) is 8.88. The maximum atomic E-state index is 6.11. The number of aryl methyl sites for hydroxylation is 1. The molecule has 0 radical (unpaired) electrons. The second-order valence-electron chi connectivity index (χ2n) is 4.93. The first kappa shape index (κ1) is 13.6. The standard InChI is InChI=1S/C14H24N2O2/c1-17-7-3-8-18-9-6-16-10-12-4-2-5-14(15)13(12)11-16/h10-11,14H,2-9,15H2,1H3. The Balaban J connectivity index is 1.73. The molecular formula is C14H24N2O2. The highest BCUT2D eigenvalue weighted by Gasteiger charge is 2.18. The molecule has 2 N–H and O–H groups in total. The Labute approximate surface area is 109 Å². The molecule has 1 aromatic rings. The first-order chi connectivity index (χ1) is 8.81. The van der Waals surface area contributed by atoms with E-state index >= 15 is 0 Å². The Morgan fingerprint density at radius 1 is 1.33 bits per heavy atom. The maximum Gasteiger partial charge on any atom is 0.0645 e. The van der Waals surface area contributed by atoms with E-state index in [2.05, 4.69) is 17.0 Å². The topological polar surface area (TPSA) is 49.4 Å². The van der Waals surface area contributed by atoms with Gasteiger partial charge >= 0.3 is 0 Å². The molecule has 1 unspecified atom stereocenters. The molecule has 1 heterocycles. The number of aromatic nitrogens is 1. The number of hydrogen-bond acceptors (Lipinski definition) is 3. The van der Waals surface area contributed by atoms with Gasteiger partial charge in [0.05, 0.1) is 6.61 Å². The second kappa shape index (κ2) is 6.92. The Morgan fingerprint density at radius 3 is 3.00 bits per heavy atom. The minimum Gasteiger partial charge on any atom is -0.385 e. The van der Waals surface area contributed by atoms with Crippen molar-refractivity contribution in [3.63, 3.8) is 0 Å². The smallest absolute Gasteiger partial charge is 0.0645 e. The number of nitrogens with zero attached hydrogens (tertiary/aromatic N) is 1. The third-order valence-electron chi connectivity index (χ3n) is 3.49. The van der Waals surface area contributed by atoms with E-state index in [1.54, 1.807) is 7.11 Å². The zero-order valence-electron chi connectivity index (χ0n) is 11.2. The van der Waals surface area contributed by atoms with Crippen LogP contribution in [0.5, 0.6) is 0 Å². The fourth-order valence-corrected chi connectivity index (χ4v) is 2.49. The Hall–Kier alpha value is -0.840. The number of fused-ring (bicyclic) bond motifs is 1. The van der Waals surface area contributed by atoms with Crippen molar-refractivity contribution in [1.82, 2.24) is 4.57 Å². The van der Waals surface area contributed by atoms with Gasteiger partial charge in [0.2, 0.25) is 0 Å². The highest BCUT2D eigenvalue weighted by Crippen LogP contribution is 2.28. The molecule has 0 spiro atoms. The van der Waals surface area contributed by atoms with Crippen molar-refractivity contribution in [2.24, 2.45) is 5.73 Å². The molecule has 18 heavy (non-hydrogen) atoms. The molecule has 4 nitrogen and oxygen atoms in total. The summed E-state index contributed by atoms with van der Waals surface area (Å²) in [5.74, 6) is 0. The largest absolute Gasteiger partial charge is 0.385 e. The van der Waals surface area contributed by atoms with Crippen molar-refractivity contribution >= 4 is 0 Å². The molecule has 1 atom stereocenters. The molecule has 0 aliphatic heterocycles. The summed E-state index contributed by atoms with van der Waals surface area (Å²) < 4.78 is 12.8. The zero-order chi connectivity index (χ0) is 12.8. The summed E-state index contributed by atoms with van der Waals surface area (Å²) in [6.45, 7) is 3.21. The summed E-state index contributed by atoms with van der Waals surface area (Å²) in [7, 11) is 1.72. The molecule has 0 bridgehead atoms. The van der Waals surface area contributed by atoms with Crippen LogP contribution in [-0.4, -0.2) is 31.5 Å². The molecule has 0 fully saturated rings. The van der Waals surface area contributed by atoms with Crippen LogP contribution >= 0.6 is 0 Å². The number of nitrogens with two attached hydrogens (primary N) is 1. The lowest BCUT2D eigenvalue weighted by Crippen LogP contribution is -2.15. The van der Waals surface area contributed by atoms with Gasteiger partial charge in [0.15, 0.2) is 0 Å². The van der Waals surface area contributed by atoms with Crippen molar-refractivity contribution in [3.05, 3.63) is 23.5 Å². The van der Waals surface area contributed by atoms with E-state index in [1.807, 2.05) is 0 Å². The van der Waals surface area contributed by atoms with Crippen molar-refractivity contribution in [2.75, 3.05) is 26.9 Å². The fourth-order valence-electron chi connectivity index (χ4n) is 2.49. The molecule has 1 aliphatic rings. The molecule has 0 aromatic carbocycles. The lowest BCUT2D eigenvalue weighted by molar-refractivity contribution is 0.0977. The SMILES string of the molecule is COCCCOCCn1cc2c(c1)C(N)CCC2. The van der Waals surface area contributed by atoms with E-state index < -0.39 is 0 Å². The van der Waals surface area contributed by atoms with Gasteiger partial charge in [0, 0.05) is 45.3 Å². The van der Waals surface area contributed by atoms with Gasteiger partial charge in [-0.15, -0.1) is 0 Å². The monoisotopic (exact) mass is 252 g/mol. The molecule has 1 aliphatic carbocycles. The minimum atomic E-state index is 0.234. The van der Waals surface area contributed by atoms with Crippen LogP contribution in [0.1, 0.15) is 36.4 Å². The van der Waals surface area contributed by atoms with Crippen LogP contribution in [-0.2, 0) is 22.4 Å². The quantitative estimate of drug-likeness (QED) is 0.754. The van der Waals surface area contributed by atoms with Crippen LogP contribution < -0.4 is 5.73 Å². The van der Waals surface area contributed by atoms with Gasteiger partial charge in [-0.25, -0.2) is 0 Å². The van der Waals surface area contributed by atoms with Gasteiger partial charge in [0.1, 0.15) is 0 Å². The third kappa shape index (κ3) is 3.57. The molecule has 1 aromatic heterocycles. The predicted molar refractivity (Wildman–Crippen MR) is 71.6 cm³/mol. The van der Waals surface area contributed by atoms with Crippen molar-refractivity contribution in [2.45, 2.75) is 38.3 Å². The lowest BCUT2D eigenvalue weighted by Gasteiger charge is -2.17. The van der Waals surface area contributed by atoms with Crippen LogP contribution in [0, 0.1) is 0 Å². The number of hydrogen-bond donors (Lipinski definition) is 1. The Bertz CT molecular complexity index is 363. The van der Waals surface area contributed by atoms with E-state index in [9.17, 15) is 0 Å². The predicted octanol–water partition coefficient (Wildman–Crippen LogP) is 1.88. The minimum absolute atomic E-state index is 0.234. The summed E-state index contributed by atoms with van der Waals surface area (Å²) >= 11 is 0. The van der Waals surface area contributed by atoms with E-state index in [-0.39, 0.29) is 6.04 Å². The lowest BCUT2D eigenvalue weighted by atomic mass is 9.92. The number of ether oxygens (including phenoxy) is 2. The van der Waals surface area contributed by atoms with Crippen molar-refractivity contribution in [3.8, 4) is 0 Å². The van der Waals surface area contributed by atoms with Crippen LogP contribution in [0.2, 0.25) is 0 Å². The third-order valence-corrected chi connectivity index (χ3v) is 3.49. The first-order valence-electron chi connectivity index (χ1n) is 6.82. The summed E-state index contributed by atoms with van der Waals surface area (Å²) in [4.78, 5) is 0. The van der Waals surface area contributed by atoms with Crippen LogP contribution in [0.25, 0.3) is 0 Å². The molecule has 102 valence electrons. The van der Waals surface area contributed by atoms with Gasteiger partial charge < -0.3 is 19.8 Å². The van der Waals surface area contributed by atoms with E-state index in [0.29, 0.717) is 0 Å². The van der Waals surface area contributed by atoms with Gasteiger partial charge in [-0.2, -0.15) is 0 Å². The molecule has 4 heteroatoms. The number of rotatable bonds is 7. The number of methoxy groups -OCH3 is 1. The van der Waals surface area contributed by atoms with E-state index in [1.165, 1.54) is 24.0 Å². The first-order valence-corrected chi connectivity index (χ1v) is 6.82. The van der Waals surface area contributed by atoms with Gasteiger partial charge in [-0.05, 0) is 36.8 Å². The van der Waals surface area contributed by atoms with E-state index in [4.69, 9.17) is 15.2 Å². The van der Waals surface area contributed by atoms with Crippen LogP contribution in [0.3, 0.4) is 0 Å². The van der Waals surface area contributed by atoms with Gasteiger partial charge in [0.25, 0.3) is 0 Å². The Morgan fingerprint density at radius 2 is 2.22 bits per heavy atom. The molecule has 0 amide bonds.